The average Bonchev–Trinajstić information content (AvgIpc) is 2.54. The van der Waals surface area contributed by atoms with Gasteiger partial charge in [0.05, 0.1) is 6.61 Å². The summed E-state index contributed by atoms with van der Waals surface area (Å²) in [5.41, 5.74) is 2.73. The summed E-state index contributed by atoms with van der Waals surface area (Å²) in [7, 11) is 0. The first-order chi connectivity index (χ1) is 10.4. The lowest BCUT2D eigenvalue weighted by molar-refractivity contribution is 0.188. The van der Waals surface area contributed by atoms with Gasteiger partial charge in [0, 0.05) is 13.1 Å². The van der Waals surface area contributed by atoms with Gasteiger partial charge in [-0.2, -0.15) is 0 Å². The summed E-state index contributed by atoms with van der Waals surface area (Å²) < 4.78 is 0. The molecule has 0 atom stereocenters. The third-order valence-corrected chi connectivity index (χ3v) is 3.70. The number of hydrogen-bond acceptors (Lipinski definition) is 2. The Morgan fingerprint density at radius 3 is 1.95 bits per heavy atom. The highest BCUT2D eigenvalue weighted by Crippen LogP contribution is 2.08. The molecule has 2 aromatic rings. The second-order valence-electron chi connectivity index (χ2n) is 5.43. The first-order valence-corrected chi connectivity index (χ1v) is 7.79. The first-order valence-electron chi connectivity index (χ1n) is 7.79. The summed E-state index contributed by atoms with van der Waals surface area (Å²) in [6, 6.07) is 21.1. The van der Waals surface area contributed by atoms with E-state index in [1.165, 1.54) is 24.0 Å². The van der Waals surface area contributed by atoms with E-state index in [-0.39, 0.29) is 6.61 Å². The van der Waals surface area contributed by atoms with Crippen molar-refractivity contribution in [3.05, 3.63) is 71.8 Å². The van der Waals surface area contributed by atoms with Crippen LogP contribution in [0.5, 0.6) is 0 Å². The van der Waals surface area contributed by atoms with Crippen LogP contribution < -0.4 is 0 Å². The second kappa shape index (κ2) is 9.32. The number of benzene rings is 2. The van der Waals surface area contributed by atoms with Gasteiger partial charge in [0.1, 0.15) is 0 Å². The van der Waals surface area contributed by atoms with Gasteiger partial charge in [-0.15, -0.1) is 0 Å². The minimum atomic E-state index is 0.228. The van der Waals surface area contributed by atoms with Crippen molar-refractivity contribution in [2.45, 2.75) is 25.8 Å². The predicted octanol–water partition coefficient (Wildman–Crippen LogP) is 3.50. The molecular formula is C19H25NO. The monoisotopic (exact) mass is 283 g/mol. The largest absolute Gasteiger partial charge is 0.395 e. The molecule has 21 heavy (non-hydrogen) atoms. The van der Waals surface area contributed by atoms with E-state index in [0.717, 1.165) is 26.1 Å². The first kappa shape index (κ1) is 15.7. The van der Waals surface area contributed by atoms with Gasteiger partial charge >= 0.3 is 0 Å². The van der Waals surface area contributed by atoms with Crippen LogP contribution in [-0.2, 0) is 13.0 Å². The number of unbranched alkanes of at least 4 members (excludes halogenated alkanes) is 1. The van der Waals surface area contributed by atoms with Crippen molar-refractivity contribution < 1.29 is 5.11 Å². The Morgan fingerprint density at radius 2 is 1.33 bits per heavy atom. The van der Waals surface area contributed by atoms with Gasteiger partial charge in [0.15, 0.2) is 0 Å². The standard InChI is InChI=1S/C19H25NO/c21-16-15-20(17-19-12-5-2-6-13-19)14-8-7-11-18-9-3-1-4-10-18/h1-6,9-10,12-13,21H,7-8,11,14-17H2. The van der Waals surface area contributed by atoms with E-state index in [1.54, 1.807) is 0 Å². The van der Waals surface area contributed by atoms with Crippen molar-refractivity contribution in [1.82, 2.24) is 4.90 Å². The molecule has 2 aromatic carbocycles. The fraction of sp³-hybridized carbons (Fsp3) is 0.368. The molecule has 0 saturated heterocycles. The topological polar surface area (TPSA) is 23.5 Å². The van der Waals surface area contributed by atoms with Crippen LogP contribution in [0.3, 0.4) is 0 Å². The van der Waals surface area contributed by atoms with Crippen molar-refractivity contribution in [3.63, 3.8) is 0 Å². The highest BCUT2D eigenvalue weighted by Gasteiger charge is 2.05. The van der Waals surface area contributed by atoms with Crippen LogP contribution in [0.4, 0.5) is 0 Å². The third kappa shape index (κ3) is 6.11. The number of rotatable bonds is 9. The Balaban J connectivity index is 1.72. The van der Waals surface area contributed by atoms with Gasteiger partial charge in [0.25, 0.3) is 0 Å². The fourth-order valence-electron chi connectivity index (χ4n) is 2.56. The van der Waals surface area contributed by atoms with Gasteiger partial charge in [-0.05, 0) is 36.9 Å². The highest BCUT2D eigenvalue weighted by molar-refractivity contribution is 5.15. The summed E-state index contributed by atoms with van der Waals surface area (Å²) in [4.78, 5) is 2.33. The zero-order valence-electron chi connectivity index (χ0n) is 12.6. The van der Waals surface area contributed by atoms with Crippen LogP contribution in [-0.4, -0.2) is 29.7 Å². The zero-order valence-corrected chi connectivity index (χ0v) is 12.6. The molecule has 0 radical (unpaired) electrons. The Morgan fingerprint density at radius 1 is 0.714 bits per heavy atom. The lowest BCUT2D eigenvalue weighted by Crippen LogP contribution is -2.27. The molecule has 0 aliphatic carbocycles. The molecule has 0 fully saturated rings. The molecular weight excluding hydrogens is 258 g/mol. The molecule has 0 aliphatic rings. The number of aliphatic hydroxyl groups is 1. The van der Waals surface area contributed by atoms with E-state index < -0.39 is 0 Å². The van der Waals surface area contributed by atoms with Gasteiger partial charge in [0.2, 0.25) is 0 Å². The summed E-state index contributed by atoms with van der Waals surface area (Å²) in [5.74, 6) is 0. The average molecular weight is 283 g/mol. The minimum Gasteiger partial charge on any atom is -0.395 e. The van der Waals surface area contributed by atoms with Gasteiger partial charge in [-0.1, -0.05) is 60.7 Å². The van der Waals surface area contributed by atoms with E-state index in [0.29, 0.717) is 0 Å². The quantitative estimate of drug-likeness (QED) is 0.712. The summed E-state index contributed by atoms with van der Waals surface area (Å²) in [5, 5.41) is 9.21. The van der Waals surface area contributed by atoms with Crippen molar-refractivity contribution in [1.29, 1.82) is 0 Å². The number of aryl methyl sites for hydroxylation is 1. The normalized spacial score (nSPS) is 11.0. The van der Waals surface area contributed by atoms with E-state index in [2.05, 4.69) is 59.5 Å². The molecule has 0 amide bonds. The smallest absolute Gasteiger partial charge is 0.0558 e. The van der Waals surface area contributed by atoms with E-state index in [1.807, 2.05) is 6.07 Å². The Hall–Kier alpha value is -1.64. The van der Waals surface area contributed by atoms with Gasteiger partial charge in [-0.25, -0.2) is 0 Å². The van der Waals surface area contributed by atoms with E-state index in [9.17, 15) is 5.11 Å². The fourth-order valence-corrected chi connectivity index (χ4v) is 2.56. The molecule has 1 N–H and O–H groups in total. The lowest BCUT2D eigenvalue weighted by Gasteiger charge is -2.21. The summed E-state index contributed by atoms with van der Waals surface area (Å²) in [6.07, 6.45) is 3.50. The number of nitrogens with zero attached hydrogens (tertiary/aromatic N) is 1. The molecule has 0 bridgehead atoms. The minimum absolute atomic E-state index is 0.228. The SMILES string of the molecule is OCCN(CCCCc1ccccc1)Cc1ccccc1. The number of hydrogen-bond donors (Lipinski definition) is 1. The van der Waals surface area contributed by atoms with Crippen LogP contribution in [0.1, 0.15) is 24.0 Å². The van der Waals surface area contributed by atoms with Crippen LogP contribution >= 0.6 is 0 Å². The third-order valence-electron chi connectivity index (χ3n) is 3.70. The number of aliphatic hydroxyl groups excluding tert-OH is 1. The van der Waals surface area contributed by atoms with Crippen LogP contribution in [0.25, 0.3) is 0 Å². The highest BCUT2D eigenvalue weighted by atomic mass is 16.3. The Kier molecular flexibility index (Phi) is 6.99. The molecule has 0 unspecified atom stereocenters. The van der Waals surface area contributed by atoms with Gasteiger partial charge in [-0.3, -0.25) is 4.90 Å². The molecule has 0 aromatic heterocycles. The molecule has 0 heterocycles. The van der Waals surface area contributed by atoms with Crippen molar-refractivity contribution in [3.8, 4) is 0 Å². The zero-order chi connectivity index (χ0) is 14.8. The lowest BCUT2D eigenvalue weighted by atomic mass is 10.1. The maximum Gasteiger partial charge on any atom is 0.0558 e. The second-order valence-corrected chi connectivity index (χ2v) is 5.43. The Bertz CT molecular complexity index is 483. The van der Waals surface area contributed by atoms with Crippen LogP contribution in [0, 0.1) is 0 Å². The van der Waals surface area contributed by atoms with E-state index >= 15 is 0 Å². The summed E-state index contributed by atoms with van der Waals surface area (Å²) in [6.45, 7) is 2.95. The molecule has 2 nitrogen and oxygen atoms in total. The predicted molar refractivity (Wildman–Crippen MR) is 88.2 cm³/mol. The van der Waals surface area contributed by atoms with Crippen LogP contribution in [0.15, 0.2) is 60.7 Å². The molecule has 0 saturated carbocycles. The van der Waals surface area contributed by atoms with Crippen molar-refractivity contribution in [2.75, 3.05) is 19.7 Å². The maximum atomic E-state index is 9.21. The van der Waals surface area contributed by atoms with Gasteiger partial charge < -0.3 is 5.11 Å². The van der Waals surface area contributed by atoms with Crippen molar-refractivity contribution >= 4 is 0 Å². The molecule has 112 valence electrons. The van der Waals surface area contributed by atoms with Crippen LogP contribution in [0.2, 0.25) is 0 Å². The molecule has 0 aliphatic heterocycles. The summed E-state index contributed by atoms with van der Waals surface area (Å²) >= 11 is 0. The maximum absolute atomic E-state index is 9.21. The van der Waals surface area contributed by atoms with E-state index in [4.69, 9.17) is 0 Å². The molecule has 2 rings (SSSR count). The Labute approximate surface area is 128 Å². The molecule has 2 heteroatoms. The van der Waals surface area contributed by atoms with Crippen molar-refractivity contribution in [2.24, 2.45) is 0 Å². The molecule has 0 spiro atoms.